The summed E-state index contributed by atoms with van der Waals surface area (Å²) in [5.74, 6) is 2.31. The predicted octanol–water partition coefficient (Wildman–Crippen LogP) is 6.58. The zero-order valence-corrected chi connectivity index (χ0v) is 22.8. The molecule has 2 aromatic carbocycles. The highest BCUT2D eigenvalue weighted by Crippen LogP contribution is 2.35. The van der Waals surface area contributed by atoms with Crippen molar-refractivity contribution in [3.05, 3.63) is 78.0 Å². The van der Waals surface area contributed by atoms with Crippen LogP contribution in [0.25, 0.3) is 22.5 Å². The number of halogens is 1. The Kier molecular flexibility index (Phi) is 7.83. The number of benzene rings is 2. The van der Waals surface area contributed by atoms with Crippen LogP contribution < -0.4 is 10.1 Å². The first-order chi connectivity index (χ1) is 18.8. The highest BCUT2D eigenvalue weighted by molar-refractivity contribution is 6.32. The smallest absolute Gasteiger partial charge is 0.226 e. The normalized spacial score (nSPS) is 11.7. The molecule has 39 heavy (non-hydrogen) atoms. The number of oxazole rings is 1. The van der Waals surface area contributed by atoms with E-state index in [4.69, 9.17) is 30.6 Å². The minimum atomic E-state index is -0.103. The number of aliphatic hydroxyl groups excluding tert-OH is 1. The molecule has 0 saturated heterocycles. The molecule has 0 fully saturated rings. The van der Waals surface area contributed by atoms with E-state index in [9.17, 15) is 0 Å². The van der Waals surface area contributed by atoms with Crippen molar-refractivity contribution in [3.8, 4) is 23.0 Å². The Bertz CT molecular complexity index is 1570. The first kappa shape index (κ1) is 26.7. The molecule has 9 nitrogen and oxygen atoms in total. The van der Waals surface area contributed by atoms with Crippen LogP contribution >= 0.6 is 11.6 Å². The molecule has 2 N–H and O–H groups in total. The van der Waals surface area contributed by atoms with Gasteiger partial charge in [-0.3, -0.25) is 0 Å². The van der Waals surface area contributed by atoms with Gasteiger partial charge in [0, 0.05) is 29.4 Å². The number of nitrogens with one attached hydrogen (secondary N) is 1. The van der Waals surface area contributed by atoms with Gasteiger partial charge in [0.05, 0.1) is 36.1 Å². The van der Waals surface area contributed by atoms with Crippen LogP contribution in [0.4, 0.5) is 11.5 Å². The number of hydrogen-bond acceptors (Lipinski definition) is 8. The van der Waals surface area contributed by atoms with Crippen molar-refractivity contribution in [1.82, 2.24) is 19.5 Å². The lowest BCUT2D eigenvalue weighted by molar-refractivity contribution is 0.0875. The maximum atomic E-state index is 8.92. The van der Waals surface area contributed by atoms with Crippen LogP contribution in [-0.2, 0) is 16.7 Å². The topological polar surface area (TPSA) is 107 Å². The maximum Gasteiger partial charge on any atom is 0.226 e. The number of rotatable bonds is 10. The minimum absolute atomic E-state index is 0.00623. The molecule has 0 saturated carbocycles. The van der Waals surface area contributed by atoms with E-state index in [1.165, 1.54) is 6.33 Å². The summed E-state index contributed by atoms with van der Waals surface area (Å²) >= 11 is 6.61. The van der Waals surface area contributed by atoms with Gasteiger partial charge in [-0.2, -0.15) is 0 Å². The Hall–Kier alpha value is -3.92. The third kappa shape index (κ3) is 6.22. The fourth-order valence-corrected chi connectivity index (χ4v) is 4.23. The Morgan fingerprint density at radius 3 is 2.72 bits per heavy atom. The van der Waals surface area contributed by atoms with Gasteiger partial charge in [0.1, 0.15) is 29.6 Å². The standard InChI is InChI=1S/C29H30ClN5O4/c1-29(2,3)25-17-38-28(34-25)19-5-4-6-21(15-19)39-24-8-7-20(16-22(24)30)33-27-26-23(31-18-32-27)9-10-35(26)11-13-37-14-12-36/h4-10,15-18,36H,11-14H2,1-3H3,(H,31,32,33). The summed E-state index contributed by atoms with van der Waals surface area (Å²) < 4.78 is 19.2. The maximum absolute atomic E-state index is 8.92. The van der Waals surface area contributed by atoms with Crippen molar-refractivity contribution in [3.63, 3.8) is 0 Å². The van der Waals surface area contributed by atoms with E-state index in [2.05, 4.69) is 41.0 Å². The number of aliphatic hydroxyl groups is 1. The average Bonchev–Trinajstić information content (AvgIpc) is 3.57. The van der Waals surface area contributed by atoms with Gasteiger partial charge in [-0.05, 0) is 42.5 Å². The summed E-state index contributed by atoms with van der Waals surface area (Å²) in [6.07, 6.45) is 5.15. The molecule has 0 aliphatic carbocycles. The van der Waals surface area contributed by atoms with E-state index < -0.39 is 0 Å². The molecule has 0 aliphatic rings. The Balaban J connectivity index is 1.32. The number of aromatic nitrogens is 4. The Morgan fingerprint density at radius 1 is 1.08 bits per heavy atom. The average molecular weight is 548 g/mol. The van der Waals surface area contributed by atoms with Crippen LogP contribution in [0.3, 0.4) is 0 Å². The lowest BCUT2D eigenvalue weighted by Crippen LogP contribution is -2.11. The summed E-state index contributed by atoms with van der Waals surface area (Å²) in [5, 5.41) is 12.7. The fraction of sp³-hybridized carbons (Fsp3) is 0.276. The number of hydrogen-bond donors (Lipinski definition) is 2. The molecule has 0 bridgehead atoms. The first-order valence-corrected chi connectivity index (χ1v) is 13.0. The van der Waals surface area contributed by atoms with Gasteiger partial charge in [-0.15, -0.1) is 0 Å². The van der Waals surface area contributed by atoms with E-state index in [1.807, 2.05) is 47.2 Å². The van der Waals surface area contributed by atoms with Crippen LogP contribution in [0.15, 0.2) is 71.7 Å². The van der Waals surface area contributed by atoms with E-state index in [0.717, 1.165) is 28.0 Å². The largest absolute Gasteiger partial charge is 0.456 e. The minimum Gasteiger partial charge on any atom is -0.456 e. The first-order valence-electron chi connectivity index (χ1n) is 12.6. The van der Waals surface area contributed by atoms with Crippen molar-refractivity contribution in [2.45, 2.75) is 32.7 Å². The van der Waals surface area contributed by atoms with Crippen LogP contribution in [-0.4, -0.2) is 44.4 Å². The molecule has 0 amide bonds. The number of fused-ring (bicyclic) bond motifs is 1. The van der Waals surface area contributed by atoms with Gasteiger partial charge in [-0.1, -0.05) is 38.4 Å². The third-order valence-electron chi connectivity index (χ3n) is 6.04. The second kappa shape index (κ2) is 11.4. The van der Waals surface area contributed by atoms with Crippen LogP contribution in [0.1, 0.15) is 26.5 Å². The Morgan fingerprint density at radius 2 is 1.95 bits per heavy atom. The van der Waals surface area contributed by atoms with Crippen molar-refractivity contribution in [2.24, 2.45) is 0 Å². The van der Waals surface area contributed by atoms with Gasteiger partial charge < -0.3 is 28.9 Å². The summed E-state index contributed by atoms with van der Waals surface area (Å²) in [7, 11) is 0. The van der Waals surface area contributed by atoms with Crippen molar-refractivity contribution >= 4 is 34.1 Å². The van der Waals surface area contributed by atoms with E-state index in [1.54, 1.807) is 18.4 Å². The van der Waals surface area contributed by atoms with E-state index in [-0.39, 0.29) is 12.0 Å². The summed E-state index contributed by atoms with van der Waals surface area (Å²) in [6.45, 7) is 7.64. The highest BCUT2D eigenvalue weighted by Gasteiger charge is 2.19. The van der Waals surface area contributed by atoms with Crippen molar-refractivity contribution in [2.75, 3.05) is 25.1 Å². The fourth-order valence-electron chi connectivity index (χ4n) is 4.01. The molecule has 202 valence electrons. The van der Waals surface area contributed by atoms with Crippen LogP contribution in [0.2, 0.25) is 5.02 Å². The molecule has 0 atom stereocenters. The number of anilines is 2. The van der Waals surface area contributed by atoms with Gasteiger partial charge in [-0.25, -0.2) is 15.0 Å². The predicted molar refractivity (Wildman–Crippen MR) is 151 cm³/mol. The molecule has 0 radical (unpaired) electrons. The highest BCUT2D eigenvalue weighted by atomic mass is 35.5. The SMILES string of the molecule is CC(C)(C)c1coc(-c2cccc(Oc3ccc(Nc4ncnc5ccn(CCOCCO)c45)cc3Cl)c2)n1. The second-order valence-electron chi connectivity index (χ2n) is 9.99. The van der Waals surface area contributed by atoms with E-state index in [0.29, 0.717) is 48.0 Å². The Labute approximate surface area is 231 Å². The number of nitrogens with zero attached hydrogens (tertiary/aromatic N) is 4. The van der Waals surface area contributed by atoms with Crippen LogP contribution in [0.5, 0.6) is 11.5 Å². The molecular weight excluding hydrogens is 518 g/mol. The lowest BCUT2D eigenvalue weighted by atomic mass is 9.93. The monoisotopic (exact) mass is 547 g/mol. The molecule has 3 aromatic heterocycles. The van der Waals surface area contributed by atoms with Crippen LogP contribution in [0, 0.1) is 0 Å². The molecule has 10 heteroatoms. The summed E-state index contributed by atoms with van der Waals surface area (Å²) in [5.41, 5.74) is 4.00. The summed E-state index contributed by atoms with van der Waals surface area (Å²) in [4.78, 5) is 13.4. The van der Waals surface area contributed by atoms with Gasteiger partial charge >= 0.3 is 0 Å². The van der Waals surface area contributed by atoms with Crippen molar-refractivity contribution in [1.29, 1.82) is 0 Å². The molecule has 3 heterocycles. The quantitative estimate of drug-likeness (QED) is 0.189. The summed E-state index contributed by atoms with van der Waals surface area (Å²) in [6, 6.07) is 14.9. The zero-order chi connectivity index (χ0) is 27.4. The molecule has 5 aromatic rings. The third-order valence-corrected chi connectivity index (χ3v) is 6.33. The lowest BCUT2D eigenvalue weighted by Gasteiger charge is -2.13. The number of ether oxygens (including phenoxy) is 2. The zero-order valence-electron chi connectivity index (χ0n) is 22.0. The van der Waals surface area contributed by atoms with E-state index >= 15 is 0 Å². The molecule has 0 spiro atoms. The molecule has 5 rings (SSSR count). The van der Waals surface area contributed by atoms with Gasteiger partial charge in [0.15, 0.2) is 5.82 Å². The second-order valence-corrected chi connectivity index (χ2v) is 10.4. The van der Waals surface area contributed by atoms with Gasteiger partial charge in [0.25, 0.3) is 0 Å². The molecular formula is C29H30ClN5O4. The van der Waals surface area contributed by atoms with Gasteiger partial charge in [0.2, 0.25) is 5.89 Å². The van der Waals surface area contributed by atoms with Crippen molar-refractivity contribution < 1.29 is 19.0 Å². The molecule has 0 aliphatic heterocycles. The molecule has 0 unspecified atom stereocenters.